The van der Waals surface area contributed by atoms with Crippen LogP contribution in [-0.2, 0) is 0 Å². The molecule has 0 atom stereocenters. The molecule has 0 bridgehead atoms. The summed E-state index contributed by atoms with van der Waals surface area (Å²) in [5.41, 5.74) is 2.08. The van der Waals surface area contributed by atoms with Crippen LogP contribution >= 0.6 is 11.6 Å². The van der Waals surface area contributed by atoms with Crippen molar-refractivity contribution in [3.05, 3.63) is 34.7 Å². The topological polar surface area (TPSA) is 46.4 Å². The van der Waals surface area contributed by atoms with Crippen LogP contribution in [-0.4, -0.2) is 21.3 Å². The Kier molecular flexibility index (Phi) is 3.66. The number of halogens is 1. The van der Waals surface area contributed by atoms with E-state index < -0.39 is 0 Å². The summed E-state index contributed by atoms with van der Waals surface area (Å²) in [5.74, 6) is -0.0517. The molecule has 0 spiro atoms. The molecule has 0 unspecified atom stereocenters. The summed E-state index contributed by atoms with van der Waals surface area (Å²) in [6.07, 6.45) is 7.56. The number of nitrogens with one attached hydrogen (secondary N) is 1. The molecule has 0 aliphatic heterocycles. The number of fused-ring (bicyclic) bond motifs is 1. The lowest BCUT2D eigenvalue weighted by molar-refractivity contribution is 0.0921. The van der Waals surface area contributed by atoms with Gasteiger partial charge in [0, 0.05) is 12.2 Å². The molecular formula is C15H18ClN3O. The minimum atomic E-state index is -0.0517. The molecule has 0 saturated heterocycles. The first kappa shape index (κ1) is 13.4. The number of amides is 1. The van der Waals surface area contributed by atoms with Gasteiger partial charge in [0.1, 0.15) is 11.3 Å². The molecule has 1 saturated carbocycles. The van der Waals surface area contributed by atoms with Gasteiger partial charge >= 0.3 is 0 Å². The van der Waals surface area contributed by atoms with E-state index in [1.807, 2.05) is 13.0 Å². The van der Waals surface area contributed by atoms with E-state index in [0.29, 0.717) is 16.8 Å². The fourth-order valence-electron chi connectivity index (χ4n) is 2.91. The highest BCUT2D eigenvalue weighted by Crippen LogP contribution is 2.20. The van der Waals surface area contributed by atoms with E-state index >= 15 is 0 Å². The van der Waals surface area contributed by atoms with E-state index in [2.05, 4.69) is 10.3 Å². The van der Waals surface area contributed by atoms with Crippen molar-refractivity contribution >= 4 is 23.2 Å². The average molecular weight is 292 g/mol. The third-order valence-electron chi connectivity index (χ3n) is 3.91. The Bertz CT molecular complexity index is 644. The normalized spacial score (nSPS) is 16.5. The third-order valence-corrected chi connectivity index (χ3v) is 4.14. The zero-order valence-electron chi connectivity index (χ0n) is 11.5. The van der Waals surface area contributed by atoms with Crippen LogP contribution in [0.2, 0.25) is 5.02 Å². The maximum Gasteiger partial charge on any atom is 0.270 e. The number of hydrogen-bond acceptors (Lipinski definition) is 2. The summed E-state index contributed by atoms with van der Waals surface area (Å²) < 4.78 is 1.77. The second kappa shape index (κ2) is 5.44. The molecule has 1 aliphatic carbocycles. The van der Waals surface area contributed by atoms with Gasteiger partial charge in [0.05, 0.1) is 10.7 Å². The molecule has 2 aromatic heterocycles. The molecule has 1 amide bonds. The van der Waals surface area contributed by atoms with E-state index in [1.165, 1.54) is 19.3 Å². The minimum Gasteiger partial charge on any atom is -0.348 e. The SMILES string of the molecule is Cc1nc2ccc(Cl)cn2c1C(=O)NC1CCCCC1. The van der Waals surface area contributed by atoms with Gasteiger partial charge in [-0.3, -0.25) is 9.20 Å². The second-order valence-corrected chi connectivity index (χ2v) is 5.87. The van der Waals surface area contributed by atoms with Crippen LogP contribution in [0.1, 0.15) is 48.3 Å². The fourth-order valence-corrected chi connectivity index (χ4v) is 3.07. The largest absolute Gasteiger partial charge is 0.348 e. The van der Waals surface area contributed by atoms with Crippen molar-refractivity contribution in [3.8, 4) is 0 Å². The van der Waals surface area contributed by atoms with Gasteiger partial charge < -0.3 is 5.32 Å². The fraction of sp³-hybridized carbons (Fsp3) is 0.467. The van der Waals surface area contributed by atoms with Crippen molar-refractivity contribution in [3.63, 3.8) is 0 Å². The maximum absolute atomic E-state index is 12.5. The standard InChI is InChI=1S/C15H18ClN3O/c1-10-14(15(20)18-12-5-3-2-4-6-12)19-9-11(16)7-8-13(19)17-10/h7-9,12H,2-6H2,1H3,(H,18,20). The Morgan fingerprint density at radius 1 is 1.35 bits per heavy atom. The molecule has 1 N–H and O–H groups in total. The molecule has 4 nitrogen and oxygen atoms in total. The first-order valence-corrected chi connectivity index (χ1v) is 7.48. The van der Waals surface area contributed by atoms with Crippen LogP contribution in [0.25, 0.3) is 5.65 Å². The summed E-state index contributed by atoms with van der Waals surface area (Å²) in [4.78, 5) is 16.9. The zero-order valence-corrected chi connectivity index (χ0v) is 12.3. The first-order valence-electron chi connectivity index (χ1n) is 7.10. The van der Waals surface area contributed by atoms with Gasteiger partial charge in [-0.2, -0.15) is 0 Å². The van der Waals surface area contributed by atoms with Crippen LogP contribution in [0.3, 0.4) is 0 Å². The van der Waals surface area contributed by atoms with Crippen molar-refractivity contribution in [2.24, 2.45) is 0 Å². The molecule has 2 heterocycles. The monoisotopic (exact) mass is 291 g/mol. The van der Waals surface area contributed by atoms with Gasteiger partial charge in [-0.1, -0.05) is 30.9 Å². The van der Waals surface area contributed by atoms with Gasteiger partial charge in [-0.25, -0.2) is 4.98 Å². The Labute approximate surface area is 123 Å². The van der Waals surface area contributed by atoms with Crippen molar-refractivity contribution < 1.29 is 4.79 Å². The Morgan fingerprint density at radius 2 is 2.10 bits per heavy atom. The maximum atomic E-state index is 12.5. The second-order valence-electron chi connectivity index (χ2n) is 5.43. The van der Waals surface area contributed by atoms with Gasteiger partial charge in [0.15, 0.2) is 0 Å². The number of carbonyl (C=O) groups is 1. The van der Waals surface area contributed by atoms with Gasteiger partial charge in [-0.15, -0.1) is 0 Å². The lowest BCUT2D eigenvalue weighted by atomic mass is 9.95. The zero-order chi connectivity index (χ0) is 14.1. The number of aryl methyl sites for hydroxylation is 1. The van der Waals surface area contributed by atoms with Crippen LogP contribution in [0, 0.1) is 6.92 Å². The van der Waals surface area contributed by atoms with Crippen molar-refractivity contribution in [2.75, 3.05) is 0 Å². The third kappa shape index (κ3) is 2.52. The summed E-state index contributed by atoms with van der Waals surface area (Å²) in [7, 11) is 0. The summed E-state index contributed by atoms with van der Waals surface area (Å²) in [6.45, 7) is 1.86. The smallest absolute Gasteiger partial charge is 0.270 e. The number of carbonyl (C=O) groups excluding carboxylic acids is 1. The minimum absolute atomic E-state index is 0.0517. The van der Waals surface area contributed by atoms with E-state index in [0.717, 1.165) is 24.2 Å². The molecule has 0 radical (unpaired) electrons. The molecule has 106 valence electrons. The molecule has 1 aliphatic rings. The summed E-state index contributed by atoms with van der Waals surface area (Å²) in [6, 6.07) is 3.90. The van der Waals surface area contributed by atoms with Crippen LogP contribution < -0.4 is 5.32 Å². The van der Waals surface area contributed by atoms with Crippen molar-refractivity contribution in [1.82, 2.24) is 14.7 Å². The Morgan fingerprint density at radius 3 is 2.85 bits per heavy atom. The Balaban J connectivity index is 1.90. The van der Waals surface area contributed by atoms with Gasteiger partial charge in [-0.05, 0) is 31.9 Å². The van der Waals surface area contributed by atoms with Crippen LogP contribution in [0.5, 0.6) is 0 Å². The number of imidazole rings is 1. The highest BCUT2D eigenvalue weighted by Gasteiger charge is 2.21. The molecule has 2 aromatic rings. The van der Waals surface area contributed by atoms with E-state index in [1.54, 1.807) is 16.7 Å². The summed E-state index contributed by atoms with van der Waals surface area (Å²) in [5, 5.41) is 3.73. The van der Waals surface area contributed by atoms with E-state index in [-0.39, 0.29) is 5.91 Å². The molecular weight excluding hydrogens is 274 g/mol. The average Bonchev–Trinajstić information content (AvgIpc) is 2.75. The highest BCUT2D eigenvalue weighted by molar-refractivity contribution is 6.30. The van der Waals surface area contributed by atoms with Gasteiger partial charge in [0.2, 0.25) is 0 Å². The lowest BCUT2D eigenvalue weighted by Gasteiger charge is -2.22. The molecule has 3 rings (SSSR count). The number of rotatable bonds is 2. The number of aromatic nitrogens is 2. The molecule has 5 heteroatoms. The lowest BCUT2D eigenvalue weighted by Crippen LogP contribution is -2.37. The van der Waals surface area contributed by atoms with Gasteiger partial charge in [0.25, 0.3) is 5.91 Å². The summed E-state index contributed by atoms with van der Waals surface area (Å²) >= 11 is 6.02. The molecule has 1 fully saturated rings. The first-order chi connectivity index (χ1) is 9.65. The molecule has 0 aromatic carbocycles. The molecule has 20 heavy (non-hydrogen) atoms. The highest BCUT2D eigenvalue weighted by atomic mass is 35.5. The van der Waals surface area contributed by atoms with E-state index in [9.17, 15) is 4.79 Å². The Hall–Kier alpha value is -1.55. The van der Waals surface area contributed by atoms with Crippen molar-refractivity contribution in [2.45, 2.75) is 45.1 Å². The number of pyridine rings is 1. The predicted octanol–water partition coefficient (Wildman–Crippen LogP) is 3.36. The number of nitrogens with zero attached hydrogens (tertiary/aromatic N) is 2. The van der Waals surface area contributed by atoms with Crippen molar-refractivity contribution in [1.29, 1.82) is 0 Å². The predicted molar refractivity (Wildman–Crippen MR) is 79.3 cm³/mol. The number of hydrogen-bond donors (Lipinski definition) is 1. The quantitative estimate of drug-likeness (QED) is 0.922. The van der Waals surface area contributed by atoms with Crippen LogP contribution in [0.15, 0.2) is 18.3 Å². The van der Waals surface area contributed by atoms with E-state index in [4.69, 9.17) is 11.6 Å². The van der Waals surface area contributed by atoms with Crippen LogP contribution in [0.4, 0.5) is 0 Å².